The molecule has 0 aliphatic carbocycles. The third-order valence-electron chi connectivity index (χ3n) is 10.6. The van der Waals surface area contributed by atoms with Gasteiger partial charge in [0.05, 0.1) is 44.2 Å². The Morgan fingerprint density at radius 1 is 0.645 bits per heavy atom. The Morgan fingerprint density at radius 3 is 1.63 bits per heavy atom. The van der Waals surface area contributed by atoms with E-state index in [4.69, 9.17) is 32.8 Å². The first-order chi connectivity index (χ1) is 29.8. The van der Waals surface area contributed by atoms with E-state index in [1.54, 1.807) is 6.08 Å². The predicted molar refractivity (Wildman–Crippen MR) is 254 cm³/mol. The molecule has 0 bridgehead atoms. The van der Waals surface area contributed by atoms with E-state index in [1.165, 1.54) is 0 Å². The summed E-state index contributed by atoms with van der Waals surface area (Å²) in [5.74, 6) is -0.113. The van der Waals surface area contributed by atoms with Gasteiger partial charge in [0.15, 0.2) is 0 Å². The first kappa shape index (κ1) is 51.0. The van der Waals surface area contributed by atoms with Crippen LogP contribution in [0.15, 0.2) is 134 Å². The molecule has 0 saturated carbocycles. The quantitative estimate of drug-likeness (QED) is 0.0229. The zero-order valence-corrected chi connectivity index (χ0v) is 40.0. The molecule has 0 aliphatic heterocycles. The lowest BCUT2D eigenvalue weighted by molar-refractivity contribution is -0.144. The minimum absolute atomic E-state index is 0.0339. The molecular weight excluding hydrogens is 813 g/mol. The molecule has 0 spiro atoms. The number of aliphatic hydroxyl groups excluding tert-OH is 1. The second-order valence-electron chi connectivity index (χ2n) is 18.2. The van der Waals surface area contributed by atoms with Crippen LogP contribution < -0.4 is 10.4 Å². The largest absolute Gasteiger partial charge is 0.404 e. The summed E-state index contributed by atoms with van der Waals surface area (Å²) in [6, 6.07) is 41.7. The van der Waals surface area contributed by atoms with Crippen molar-refractivity contribution in [2.75, 3.05) is 33.6 Å². The van der Waals surface area contributed by atoms with Crippen molar-refractivity contribution in [3.05, 3.63) is 145 Å². The molecule has 62 heavy (non-hydrogen) atoms. The number of hydrogen-bond acceptors (Lipinski definition) is 9. The van der Waals surface area contributed by atoms with Crippen molar-refractivity contribution < 1.29 is 42.7 Å². The third-order valence-corrected chi connectivity index (χ3v) is 17.4. The van der Waals surface area contributed by atoms with Gasteiger partial charge in [-0.1, -0.05) is 168 Å². The Labute approximate surface area is 373 Å². The van der Waals surface area contributed by atoms with Crippen molar-refractivity contribution in [2.45, 2.75) is 121 Å². The number of rotatable bonds is 31. The van der Waals surface area contributed by atoms with Gasteiger partial charge in [0.25, 0.3) is 8.32 Å². The lowest BCUT2D eigenvalue weighted by Crippen LogP contribution is -2.68. The summed E-state index contributed by atoms with van der Waals surface area (Å²) >= 11 is 0. The molecular formula is C51H72O9Si2. The highest BCUT2D eigenvalue weighted by Gasteiger charge is 2.51. The Kier molecular flexibility index (Phi) is 22.1. The molecule has 1 N–H and O–H groups in total. The second kappa shape index (κ2) is 26.9. The van der Waals surface area contributed by atoms with Crippen molar-refractivity contribution in [1.29, 1.82) is 0 Å². The zero-order chi connectivity index (χ0) is 44.7. The summed E-state index contributed by atoms with van der Waals surface area (Å²) in [5, 5.41) is 13.7. The number of ether oxygens (including phenoxy) is 6. The van der Waals surface area contributed by atoms with Crippen LogP contribution >= 0.6 is 0 Å². The molecule has 11 heteroatoms. The highest BCUT2D eigenvalue weighted by Crippen LogP contribution is 2.39. The summed E-state index contributed by atoms with van der Waals surface area (Å²) < 4.78 is 43.8. The molecule has 0 amide bonds. The van der Waals surface area contributed by atoms with Gasteiger partial charge in [-0.05, 0) is 45.4 Å². The second-order valence-corrected chi connectivity index (χ2v) is 28.1. The highest BCUT2D eigenvalue weighted by molar-refractivity contribution is 6.99. The summed E-state index contributed by atoms with van der Waals surface area (Å²) in [6.45, 7) is 19.4. The Bertz CT molecular complexity index is 1760. The molecule has 0 heterocycles. The van der Waals surface area contributed by atoms with E-state index in [-0.39, 0.29) is 57.1 Å². The number of carbonyl (C=O) groups is 1. The molecule has 0 unspecified atom stereocenters. The minimum atomic E-state index is -3.10. The van der Waals surface area contributed by atoms with Gasteiger partial charge < -0.3 is 38.0 Å². The monoisotopic (exact) mass is 884 g/mol. The van der Waals surface area contributed by atoms with E-state index in [2.05, 4.69) is 95.5 Å². The molecule has 0 aliphatic rings. The van der Waals surface area contributed by atoms with E-state index < -0.39 is 40.8 Å². The molecule has 4 rings (SSSR count). The first-order valence-electron chi connectivity index (χ1n) is 22.0. The summed E-state index contributed by atoms with van der Waals surface area (Å²) in [6.07, 6.45) is 0.414. The van der Waals surface area contributed by atoms with E-state index in [0.29, 0.717) is 32.7 Å². The number of hydrogen-bond donors (Lipinski definition) is 1. The van der Waals surface area contributed by atoms with Crippen LogP contribution in [-0.4, -0.2) is 85.3 Å². The summed E-state index contributed by atoms with van der Waals surface area (Å²) in [7, 11) is -4.37. The van der Waals surface area contributed by atoms with Crippen molar-refractivity contribution in [3.63, 3.8) is 0 Å². The van der Waals surface area contributed by atoms with Crippen LogP contribution in [0.5, 0.6) is 0 Å². The topological polar surface area (TPSA) is 102 Å². The number of carbonyl (C=O) groups excluding carboxylic acids is 1. The predicted octanol–water partition coefficient (Wildman–Crippen LogP) is 9.45. The number of ketones is 1. The van der Waals surface area contributed by atoms with Gasteiger partial charge in [-0.2, -0.15) is 0 Å². The third kappa shape index (κ3) is 18.2. The maximum Gasteiger partial charge on any atom is 0.261 e. The van der Waals surface area contributed by atoms with Gasteiger partial charge in [0.2, 0.25) is 0 Å². The lowest BCUT2D eigenvalue weighted by Gasteiger charge is -2.46. The lowest BCUT2D eigenvalue weighted by atomic mass is 9.99. The number of aliphatic hydroxyl groups is 1. The SMILES string of the molecule is C=CC[C@@H](CC(=O)C[C@H](O)C[C@H](C[C@H](COCOCC[Si](C)(C)C)OCOCc1ccccc1)O[Si](c1ccccc1)(c1ccccc1)C(C)(C)C)OCOCc1ccccc1. The molecule has 338 valence electrons. The molecule has 0 saturated heterocycles. The Balaban J connectivity index is 1.56. The van der Waals surface area contributed by atoms with Crippen molar-refractivity contribution in [1.82, 2.24) is 0 Å². The average Bonchev–Trinajstić information content (AvgIpc) is 3.24. The van der Waals surface area contributed by atoms with Crippen LogP contribution in [-0.2, 0) is 50.9 Å². The fraction of sp³-hybridized carbons (Fsp3) is 0.471. The Hall–Kier alpha value is -3.60. The van der Waals surface area contributed by atoms with Crippen LogP contribution in [0.3, 0.4) is 0 Å². The highest BCUT2D eigenvalue weighted by atomic mass is 28.4. The van der Waals surface area contributed by atoms with Gasteiger partial charge in [-0.15, -0.1) is 6.58 Å². The van der Waals surface area contributed by atoms with E-state index >= 15 is 0 Å². The maximum absolute atomic E-state index is 13.6. The van der Waals surface area contributed by atoms with Crippen LogP contribution in [0.1, 0.15) is 64.0 Å². The molecule has 9 nitrogen and oxygen atoms in total. The van der Waals surface area contributed by atoms with Crippen LogP contribution in [0.25, 0.3) is 0 Å². The molecule has 4 atom stereocenters. The molecule has 0 fully saturated rings. The van der Waals surface area contributed by atoms with Crippen molar-refractivity contribution in [3.8, 4) is 0 Å². The molecule has 0 aromatic heterocycles. The van der Waals surface area contributed by atoms with Gasteiger partial charge in [-0.25, -0.2) is 0 Å². The molecule has 0 radical (unpaired) electrons. The van der Waals surface area contributed by atoms with Gasteiger partial charge in [0, 0.05) is 33.9 Å². The maximum atomic E-state index is 13.6. The van der Waals surface area contributed by atoms with Crippen molar-refractivity contribution in [2.24, 2.45) is 0 Å². The zero-order valence-electron chi connectivity index (χ0n) is 38.0. The van der Waals surface area contributed by atoms with Crippen molar-refractivity contribution >= 4 is 32.5 Å². The van der Waals surface area contributed by atoms with E-state index in [9.17, 15) is 9.90 Å². The fourth-order valence-corrected chi connectivity index (χ4v) is 12.9. The van der Waals surface area contributed by atoms with Crippen LogP contribution in [0, 0.1) is 0 Å². The Morgan fingerprint density at radius 2 is 1.15 bits per heavy atom. The summed E-state index contributed by atoms with van der Waals surface area (Å²) in [4.78, 5) is 13.6. The van der Waals surface area contributed by atoms with E-state index in [0.717, 1.165) is 27.5 Å². The smallest absolute Gasteiger partial charge is 0.261 e. The normalized spacial score (nSPS) is 14.2. The minimum Gasteiger partial charge on any atom is -0.404 e. The molecule has 4 aromatic carbocycles. The average molecular weight is 885 g/mol. The van der Waals surface area contributed by atoms with Crippen LogP contribution in [0.4, 0.5) is 0 Å². The standard InChI is InChI=1S/C51H72O9Si2/c1-8-21-46(58-40-55-36-42-22-13-9-14-23-42)33-44(52)32-45(53)34-47(60-62(51(2,3)4,49-26-17-11-18-27-49)50-28-19-12-20-29-50)35-48(38-57-39-54-30-31-61(5,6)7)59-41-56-37-43-24-15-10-16-25-43/h8-20,22-29,45-48,53H,1,21,30-41H2,2-7H3/t45-,46-,47+,48+/m0/s1. The van der Waals surface area contributed by atoms with E-state index in [1.807, 2.05) is 72.8 Å². The fourth-order valence-electron chi connectivity index (χ4n) is 7.43. The van der Waals surface area contributed by atoms with Gasteiger partial charge in [-0.3, -0.25) is 4.79 Å². The summed E-state index contributed by atoms with van der Waals surface area (Å²) in [5.41, 5.74) is 2.08. The van der Waals surface area contributed by atoms with Gasteiger partial charge in [0.1, 0.15) is 26.2 Å². The molecule has 4 aromatic rings. The number of benzene rings is 4. The first-order valence-corrected chi connectivity index (χ1v) is 27.6. The number of Topliss-reactive ketones (excluding diaryl/α,β-unsaturated/α-hetero) is 1. The van der Waals surface area contributed by atoms with Crippen LogP contribution in [0.2, 0.25) is 30.7 Å². The van der Waals surface area contributed by atoms with Gasteiger partial charge >= 0.3 is 0 Å².